The average molecular weight is 287 g/mol. The van der Waals surface area contributed by atoms with Gasteiger partial charge in [-0.05, 0) is 17.9 Å². The van der Waals surface area contributed by atoms with Gasteiger partial charge in [0.15, 0.2) is 0 Å². The van der Waals surface area contributed by atoms with Crippen LogP contribution in [0.1, 0.15) is 16.1 Å². The molecule has 0 aliphatic heterocycles. The Kier molecular flexibility index (Phi) is 3.81. The highest BCUT2D eigenvalue weighted by Gasteiger charge is 2.22. The fourth-order valence-electron chi connectivity index (χ4n) is 1.58. The van der Waals surface area contributed by atoms with Crippen LogP contribution in [-0.2, 0) is 23.2 Å². The van der Waals surface area contributed by atoms with Gasteiger partial charge in [-0.1, -0.05) is 0 Å². The van der Waals surface area contributed by atoms with Crippen LogP contribution in [0.5, 0.6) is 0 Å². The molecule has 2 rings (SSSR count). The Labute approximate surface area is 109 Å². The summed E-state index contributed by atoms with van der Waals surface area (Å²) < 4.78 is 26.8. The minimum atomic E-state index is -3.61. The van der Waals surface area contributed by atoms with Crippen molar-refractivity contribution in [1.82, 2.24) is 14.7 Å². The summed E-state index contributed by atoms with van der Waals surface area (Å²) in [6, 6.07) is 0. The summed E-state index contributed by atoms with van der Waals surface area (Å²) in [7, 11) is -3.61. The average Bonchev–Trinajstić information content (AvgIpc) is 2.95. The molecule has 0 saturated heterocycles. The molecular weight excluding hydrogens is 274 g/mol. The lowest BCUT2D eigenvalue weighted by molar-refractivity contribution is 0.282. The number of aryl methyl sites for hydroxylation is 1. The van der Waals surface area contributed by atoms with E-state index >= 15 is 0 Å². The molecule has 0 unspecified atom stereocenters. The number of nitrogens with zero attached hydrogens (tertiary/aromatic N) is 1. The van der Waals surface area contributed by atoms with Gasteiger partial charge in [0.05, 0.1) is 24.4 Å². The van der Waals surface area contributed by atoms with Crippen LogP contribution in [0.3, 0.4) is 0 Å². The number of rotatable bonds is 5. The molecule has 0 atom stereocenters. The quantitative estimate of drug-likeness (QED) is 0.756. The van der Waals surface area contributed by atoms with Gasteiger partial charge in [-0.25, -0.2) is 18.1 Å². The Morgan fingerprint density at radius 3 is 2.94 bits per heavy atom. The molecule has 0 radical (unpaired) electrons. The monoisotopic (exact) mass is 287 g/mol. The van der Waals surface area contributed by atoms with Gasteiger partial charge in [-0.2, -0.15) is 0 Å². The zero-order valence-corrected chi connectivity index (χ0v) is 11.3. The third-order valence-corrected chi connectivity index (χ3v) is 5.26. The van der Waals surface area contributed by atoms with Gasteiger partial charge in [0, 0.05) is 11.9 Å². The molecule has 18 heavy (non-hydrogen) atoms. The van der Waals surface area contributed by atoms with E-state index in [0.717, 1.165) is 0 Å². The molecule has 0 fully saturated rings. The van der Waals surface area contributed by atoms with Crippen LogP contribution in [0.25, 0.3) is 0 Å². The van der Waals surface area contributed by atoms with Gasteiger partial charge < -0.3 is 10.1 Å². The van der Waals surface area contributed by atoms with Gasteiger partial charge in [0.2, 0.25) is 10.0 Å². The topological polar surface area (TPSA) is 95.1 Å². The third-order valence-electron chi connectivity index (χ3n) is 2.41. The van der Waals surface area contributed by atoms with Crippen LogP contribution in [0.15, 0.2) is 22.8 Å². The molecule has 0 aromatic carbocycles. The number of aromatic amines is 1. The number of aliphatic hydroxyl groups excluding tert-OH is 1. The van der Waals surface area contributed by atoms with Crippen LogP contribution >= 0.6 is 11.3 Å². The predicted molar refractivity (Wildman–Crippen MR) is 67.6 cm³/mol. The van der Waals surface area contributed by atoms with Crippen molar-refractivity contribution in [3.63, 3.8) is 0 Å². The van der Waals surface area contributed by atoms with Crippen molar-refractivity contribution in [1.29, 1.82) is 0 Å². The number of aromatic nitrogens is 2. The number of hydrogen-bond acceptors (Lipinski definition) is 5. The summed E-state index contributed by atoms with van der Waals surface area (Å²) >= 11 is 1.24. The Morgan fingerprint density at radius 2 is 2.33 bits per heavy atom. The first kappa shape index (κ1) is 13.2. The normalized spacial score (nSPS) is 11.9. The number of imidazole rings is 1. The molecule has 0 saturated carbocycles. The molecule has 3 N–H and O–H groups in total. The van der Waals surface area contributed by atoms with Crippen LogP contribution in [0.4, 0.5) is 0 Å². The summed E-state index contributed by atoms with van der Waals surface area (Å²) in [6.45, 7) is 1.57. The Balaban J connectivity index is 2.22. The molecule has 0 aliphatic carbocycles. The Bertz CT molecular complexity index is 617. The van der Waals surface area contributed by atoms with E-state index in [-0.39, 0.29) is 18.0 Å². The third kappa shape index (κ3) is 2.61. The fourth-order valence-corrected chi connectivity index (χ4v) is 4.25. The van der Waals surface area contributed by atoms with Crippen molar-refractivity contribution in [2.24, 2.45) is 0 Å². The number of aliphatic hydroxyl groups is 1. The highest BCUT2D eigenvalue weighted by Crippen LogP contribution is 2.26. The zero-order valence-electron chi connectivity index (χ0n) is 9.67. The first-order valence-electron chi connectivity index (χ1n) is 5.19. The van der Waals surface area contributed by atoms with Crippen molar-refractivity contribution < 1.29 is 13.5 Å². The van der Waals surface area contributed by atoms with E-state index in [1.165, 1.54) is 17.7 Å². The van der Waals surface area contributed by atoms with Gasteiger partial charge in [0.25, 0.3) is 0 Å². The lowest BCUT2D eigenvalue weighted by atomic mass is 10.3. The van der Waals surface area contributed by atoms with E-state index in [2.05, 4.69) is 14.7 Å². The molecule has 0 aliphatic rings. The maximum atomic E-state index is 12.1. The van der Waals surface area contributed by atoms with Crippen molar-refractivity contribution in [2.45, 2.75) is 25.0 Å². The molecular formula is C10H13N3O3S2. The second kappa shape index (κ2) is 5.19. The largest absolute Gasteiger partial charge is 0.391 e. The van der Waals surface area contributed by atoms with Gasteiger partial charge in [0.1, 0.15) is 4.90 Å². The van der Waals surface area contributed by atoms with Crippen LogP contribution in [0.2, 0.25) is 0 Å². The fraction of sp³-hybridized carbons (Fsp3) is 0.300. The molecule has 8 heteroatoms. The first-order chi connectivity index (χ1) is 8.54. The van der Waals surface area contributed by atoms with Crippen LogP contribution in [0, 0.1) is 6.92 Å². The van der Waals surface area contributed by atoms with Crippen molar-refractivity contribution in [2.75, 3.05) is 0 Å². The summed E-state index contributed by atoms with van der Waals surface area (Å²) in [5, 5.41) is 10.9. The summed E-state index contributed by atoms with van der Waals surface area (Å²) in [5.74, 6) is 0. The lowest BCUT2D eigenvalue weighted by Gasteiger charge is -2.07. The maximum Gasteiger partial charge on any atom is 0.242 e. The van der Waals surface area contributed by atoms with E-state index in [1.807, 2.05) is 0 Å². The van der Waals surface area contributed by atoms with Crippen molar-refractivity contribution in [3.05, 3.63) is 34.0 Å². The van der Waals surface area contributed by atoms with E-state index < -0.39 is 10.0 Å². The minimum Gasteiger partial charge on any atom is -0.391 e. The zero-order chi connectivity index (χ0) is 13.2. The SMILES string of the molecule is Cc1csc(CO)c1S(=O)(=O)NCc1cnc[nH]1. The summed E-state index contributed by atoms with van der Waals surface area (Å²) in [4.78, 5) is 7.25. The molecule has 2 aromatic rings. The molecule has 0 bridgehead atoms. The van der Waals surface area contributed by atoms with Crippen LogP contribution in [-0.4, -0.2) is 23.5 Å². The molecule has 6 nitrogen and oxygen atoms in total. The maximum absolute atomic E-state index is 12.1. The number of hydrogen-bond donors (Lipinski definition) is 3. The van der Waals surface area contributed by atoms with E-state index in [1.54, 1.807) is 18.5 Å². The number of H-pyrrole nitrogens is 1. The standard InChI is InChI=1S/C10H13N3O3S2/c1-7-5-17-9(4-14)10(7)18(15,16)13-3-8-2-11-6-12-8/h2,5-6,13-14H,3-4H2,1H3,(H,11,12). The van der Waals surface area contributed by atoms with Crippen LogP contribution < -0.4 is 4.72 Å². The second-order valence-corrected chi connectivity index (χ2v) is 6.40. The van der Waals surface area contributed by atoms with E-state index in [0.29, 0.717) is 16.1 Å². The molecule has 2 aromatic heterocycles. The van der Waals surface area contributed by atoms with Gasteiger partial charge in [-0.3, -0.25) is 0 Å². The molecule has 0 amide bonds. The van der Waals surface area contributed by atoms with Gasteiger partial charge >= 0.3 is 0 Å². The highest BCUT2D eigenvalue weighted by molar-refractivity contribution is 7.89. The minimum absolute atomic E-state index is 0.141. The highest BCUT2D eigenvalue weighted by atomic mass is 32.2. The Morgan fingerprint density at radius 1 is 1.56 bits per heavy atom. The van der Waals surface area contributed by atoms with E-state index in [4.69, 9.17) is 5.11 Å². The summed E-state index contributed by atoms with van der Waals surface area (Å²) in [5.41, 5.74) is 1.32. The molecule has 2 heterocycles. The number of sulfonamides is 1. The molecule has 0 spiro atoms. The summed E-state index contributed by atoms with van der Waals surface area (Å²) in [6.07, 6.45) is 3.04. The lowest BCUT2D eigenvalue weighted by Crippen LogP contribution is -2.24. The van der Waals surface area contributed by atoms with E-state index in [9.17, 15) is 8.42 Å². The molecule has 98 valence electrons. The Hall–Kier alpha value is -1.22. The second-order valence-electron chi connectivity index (χ2n) is 3.73. The van der Waals surface area contributed by atoms with Gasteiger partial charge in [-0.15, -0.1) is 11.3 Å². The smallest absolute Gasteiger partial charge is 0.242 e. The predicted octanol–water partition coefficient (Wildman–Crippen LogP) is 0.750. The first-order valence-corrected chi connectivity index (χ1v) is 7.55. The van der Waals surface area contributed by atoms with Crippen molar-refractivity contribution in [3.8, 4) is 0 Å². The number of thiophene rings is 1. The number of nitrogens with one attached hydrogen (secondary N) is 2. The van der Waals surface area contributed by atoms with Crippen molar-refractivity contribution >= 4 is 21.4 Å².